The third kappa shape index (κ3) is 2.77. The topological polar surface area (TPSA) is 63.6 Å². The average molecular weight is 317 g/mol. The second kappa shape index (κ2) is 5.46. The molecular weight excluding hydrogens is 306 g/mol. The molecule has 0 fully saturated rings. The van der Waals surface area contributed by atoms with E-state index in [1.54, 1.807) is 42.5 Å². The van der Waals surface area contributed by atoms with Gasteiger partial charge in [0.05, 0.1) is 10.6 Å². The van der Waals surface area contributed by atoms with Crippen LogP contribution in [-0.4, -0.2) is 25.0 Å². The van der Waals surface area contributed by atoms with E-state index in [2.05, 4.69) is 4.40 Å². The molecule has 3 rings (SSSR count). The molecule has 0 unspecified atom stereocenters. The molecule has 0 atom stereocenters. The quantitative estimate of drug-likeness (QED) is 0.817. The fourth-order valence-electron chi connectivity index (χ4n) is 2.02. The van der Waals surface area contributed by atoms with Crippen molar-refractivity contribution in [3.63, 3.8) is 0 Å². The van der Waals surface area contributed by atoms with Gasteiger partial charge in [0.15, 0.2) is 5.78 Å². The van der Waals surface area contributed by atoms with E-state index in [-0.39, 0.29) is 16.4 Å². The molecule has 4 nitrogen and oxygen atoms in total. The summed E-state index contributed by atoms with van der Waals surface area (Å²) in [5.41, 5.74) is 1.18. The number of benzene rings is 2. The number of fused-ring (bicyclic) bond motifs is 1. The number of nitrogens with zero attached hydrogens (tertiary/aromatic N) is 1. The molecule has 2 aromatic carbocycles. The molecule has 106 valence electrons. The number of sulfonamides is 1. The average Bonchev–Trinajstić information content (AvgIpc) is 2.77. The second-order valence-electron chi connectivity index (χ2n) is 4.45. The molecule has 0 spiro atoms. The monoisotopic (exact) mass is 317 g/mol. The summed E-state index contributed by atoms with van der Waals surface area (Å²) in [4.78, 5) is 12.3. The zero-order valence-corrected chi connectivity index (χ0v) is 12.5. The second-order valence-corrected chi connectivity index (χ2v) is 6.98. The molecule has 6 heteroatoms. The van der Waals surface area contributed by atoms with E-state index in [4.69, 9.17) is 0 Å². The molecular formula is C15H11NO3S2. The van der Waals surface area contributed by atoms with Crippen molar-refractivity contribution < 1.29 is 13.2 Å². The van der Waals surface area contributed by atoms with Gasteiger partial charge in [0, 0.05) is 11.1 Å². The molecule has 0 bridgehead atoms. The van der Waals surface area contributed by atoms with Gasteiger partial charge in [0.1, 0.15) is 5.04 Å². The van der Waals surface area contributed by atoms with Gasteiger partial charge in [-0.3, -0.25) is 4.79 Å². The molecule has 1 heterocycles. The zero-order chi connectivity index (χ0) is 14.9. The van der Waals surface area contributed by atoms with E-state index in [9.17, 15) is 13.2 Å². The largest absolute Gasteiger partial charge is 0.293 e. The first kappa shape index (κ1) is 14.0. The summed E-state index contributed by atoms with van der Waals surface area (Å²) >= 11 is 1.15. The summed E-state index contributed by atoms with van der Waals surface area (Å²) in [5, 5.41) is 0.384. The van der Waals surface area contributed by atoms with Crippen LogP contribution in [0.25, 0.3) is 0 Å². The van der Waals surface area contributed by atoms with Crippen molar-refractivity contribution in [3.05, 3.63) is 65.7 Å². The van der Waals surface area contributed by atoms with Gasteiger partial charge in [-0.05, 0) is 6.07 Å². The number of rotatable bonds is 3. The molecule has 0 aliphatic carbocycles. The molecule has 1 aliphatic heterocycles. The minimum absolute atomic E-state index is 0.0509. The van der Waals surface area contributed by atoms with Crippen molar-refractivity contribution in [2.75, 3.05) is 5.75 Å². The third-order valence-electron chi connectivity index (χ3n) is 3.03. The van der Waals surface area contributed by atoms with Crippen LogP contribution in [-0.2, 0) is 10.0 Å². The highest BCUT2D eigenvalue weighted by Gasteiger charge is 2.28. The Balaban J connectivity index is 1.80. The minimum Gasteiger partial charge on any atom is -0.293 e. The predicted molar refractivity (Wildman–Crippen MR) is 83.4 cm³/mol. The van der Waals surface area contributed by atoms with E-state index < -0.39 is 10.0 Å². The van der Waals surface area contributed by atoms with Crippen LogP contribution in [0.3, 0.4) is 0 Å². The number of Topliss-reactive ketones (excluding diaryl/α,β-unsaturated/α-hetero) is 1. The van der Waals surface area contributed by atoms with Crippen LogP contribution in [0.15, 0.2) is 63.9 Å². The summed E-state index contributed by atoms with van der Waals surface area (Å²) in [6.07, 6.45) is 0. The number of hydrogen-bond donors (Lipinski definition) is 0. The van der Waals surface area contributed by atoms with Crippen molar-refractivity contribution >= 4 is 32.6 Å². The van der Waals surface area contributed by atoms with E-state index in [1.165, 1.54) is 6.07 Å². The maximum Gasteiger partial charge on any atom is 0.284 e. The Morgan fingerprint density at radius 1 is 1.00 bits per heavy atom. The first-order valence-electron chi connectivity index (χ1n) is 6.23. The Hall–Kier alpha value is -1.92. The van der Waals surface area contributed by atoms with Gasteiger partial charge in [0.2, 0.25) is 0 Å². The zero-order valence-electron chi connectivity index (χ0n) is 10.9. The van der Waals surface area contributed by atoms with Crippen LogP contribution in [0.5, 0.6) is 0 Å². The molecule has 0 amide bonds. The fourth-order valence-corrected chi connectivity index (χ4v) is 4.47. The summed E-state index contributed by atoms with van der Waals surface area (Å²) in [7, 11) is -3.61. The van der Waals surface area contributed by atoms with Gasteiger partial charge < -0.3 is 0 Å². The van der Waals surface area contributed by atoms with E-state index in [1.807, 2.05) is 6.07 Å². The smallest absolute Gasteiger partial charge is 0.284 e. The highest BCUT2D eigenvalue weighted by atomic mass is 32.2. The lowest BCUT2D eigenvalue weighted by atomic mass is 10.2. The van der Waals surface area contributed by atoms with Gasteiger partial charge in [0.25, 0.3) is 10.0 Å². The molecule has 2 aromatic rings. The molecule has 0 N–H and O–H groups in total. The van der Waals surface area contributed by atoms with Crippen LogP contribution in [0.2, 0.25) is 0 Å². The number of thioether (sulfide) groups is 1. The van der Waals surface area contributed by atoms with E-state index in [0.717, 1.165) is 11.8 Å². The van der Waals surface area contributed by atoms with E-state index >= 15 is 0 Å². The highest BCUT2D eigenvalue weighted by Crippen LogP contribution is 2.30. The predicted octanol–water partition coefficient (Wildman–Crippen LogP) is 2.75. The van der Waals surface area contributed by atoms with E-state index in [0.29, 0.717) is 16.2 Å². The standard InChI is InChI=1S/C15H11NO3S2/c17-13(11-6-2-1-3-7-11)10-20-15-12-8-4-5-9-14(12)21(18,19)16-15/h1-9H,10H2. The fraction of sp³-hybridized carbons (Fsp3) is 0.0667. The lowest BCUT2D eigenvalue weighted by Crippen LogP contribution is -2.05. The lowest BCUT2D eigenvalue weighted by Gasteiger charge is -2.02. The summed E-state index contributed by atoms with van der Waals surface area (Å²) < 4.78 is 27.5. The Morgan fingerprint density at radius 3 is 2.43 bits per heavy atom. The molecule has 21 heavy (non-hydrogen) atoms. The number of carbonyl (C=O) groups excluding carboxylic acids is 1. The minimum atomic E-state index is -3.61. The Labute approximate surface area is 127 Å². The molecule has 0 saturated heterocycles. The summed E-state index contributed by atoms with van der Waals surface area (Å²) in [6.45, 7) is 0. The van der Waals surface area contributed by atoms with Gasteiger partial charge in [-0.15, -0.1) is 0 Å². The first-order chi connectivity index (χ1) is 10.1. The van der Waals surface area contributed by atoms with Crippen molar-refractivity contribution in [3.8, 4) is 0 Å². The molecule has 1 aliphatic rings. The maximum atomic E-state index is 12.0. The summed E-state index contributed by atoms with van der Waals surface area (Å²) in [5.74, 6) is 0.109. The third-order valence-corrected chi connectivity index (χ3v) is 5.48. The number of hydrogen-bond acceptors (Lipinski definition) is 4. The van der Waals surface area contributed by atoms with Gasteiger partial charge in [-0.2, -0.15) is 12.8 Å². The lowest BCUT2D eigenvalue weighted by molar-refractivity contribution is 0.102. The molecule has 0 saturated carbocycles. The van der Waals surface area contributed by atoms with Crippen molar-refractivity contribution in [2.45, 2.75) is 4.90 Å². The molecule has 0 aromatic heterocycles. The van der Waals surface area contributed by atoms with Crippen LogP contribution in [0, 0.1) is 0 Å². The van der Waals surface area contributed by atoms with Crippen molar-refractivity contribution in [1.82, 2.24) is 0 Å². The Kier molecular flexibility index (Phi) is 3.65. The molecule has 0 radical (unpaired) electrons. The van der Waals surface area contributed by atoms with Crippen molar-refractivity contribution in [1.29, 1.82) is 0 Å². The number of ketones is 1. The first-order valence-corrected chi connectivity index (χ1v) is 8.66. The van der Waals surface area contributed by atoms with Crippen molar-refractivity contribution in [2.24, 2.45) is 4.40 Å². The van der Waals surface area contributed by atoms with Gasteiger partial charge in [-0.25, -0.2) is 0 Å². The van der Waals surface area contributed by atoms with Crippen LogP contribution in [0.4, 0.5) is 0 Å². The Bertz CT molecular complexity index is 827. The van der Waals surface area contributed by atoms with Crippen LogP contribution < -0.4 is 0 Å². The van der Waals surface area contributed by atoms with Crippen LogP contribution in [0.1, 0.15) is 15.9 Å². The van der Waals surface area contributed by atoms with Crippen LogP contribution >= 0.6 is 11.8 Å². The van der Waals surface area contributed by atoms with Gasteiger partial charge in [-0.1, -0.05) is 60.3 Å². The van der Waals surface area contributed by atoms with Gasteiger partial charge >= 0.3 is 0 Å². The summed E-state index contributed by atoms with van der Waals surface area (Å²) in [6, 6.07) is 15.6. The SMILES string of the molecule is O=C(CSC1=NS(=O)(=O)c2ccccc21)c1ccccc1. The number of carbonyl (C=O) groups is 1. The maximum absolute atomic E-state index is 12.0. The Morgan fingerprint density at radius 2 is 1.67 bits per heavy atom. The highest BCUT2D eigenvalue weighted by molar-refractivity contribution is 8.16. The normalized spacial score (nSPS) is 15.3.